The van der Waals surface area contributed by atoms with Crippen molar-refractivity contribution >= 4 is 34.2 Å². The van der Waals surface area contributed by atoms with Gasteiger partial charge in [-0.2, -0.15) is 0 Å². The van der Waals surface area contributed by atoms with Gasteiger partial charge in [0.2, 0.25) is 5.70 Å². The van der Waals surface area contributed by atoms with Gasteiger partial charge in [0.05, 0.1) is 19.8 Å². The zero-order chi connectivity index (χ0) is 20.6. The second kappa shape index (κ2) is 10.4. The highest BCUT2D eigenvalue weighted by molar-refractivity contribution is 7.18. The molecule has 0 radical (unpaired) electrons. The van der Waals surface area contributed by atoms with E-state index in [4.69, 9.17) is 14.2 Å². The average Bonchev–Trinajstić information content (AvgIpc) is 2.92. The molecule has 0 fully saturated rings. The monoisotopic (exact) mass is 398 g/mol. The molecule has 1 N–H and O–H groups in total. The Bertz CT molecular complexity index is 776. The van der Waals surface area contributed by atoms with Crippen LogP contribution < -0.4 is 0 Å². The van der Waals surface area contributed by atoms with Crippen molar-refractivity contribution in [2.45, 2.75) is 34.6 Å². The number of carbonyl (C=O) groups excluding carboxylic acids is 3. The summed E-state index contributed by atoms with van der Waals surface area (Å²) in [7, 11) is 0. The highest BCUT2D eigenvalue weighted by Gasteiger charge is 2.27. The number of ether oxygens (including phenoxy) is 3. The number of allylic oxidation sites excluding steroid dienone is 1. The molecule has 9 nitrogen and oxygen atoms in total. The van der Waals surface area contributed by atoms with E-state index in [-0.39, 0.29) is 35.3 Å². The van der Waals surface area contributed by atoms with Gasteiger partial charge in [-0.15, -0.1) is 21.6 Å². The number of hydrogen-bond acceptors (Lipinski definition) is 10. The van der Waals surface area contributed by atoms with E-state index in [1.54, 1.807) is 27.7 Å². The van der Waals surface area contributed by atoms with Gasteiger partial charge in [-0.05, 0) is 40.2 Å². The van der Waals surface area contributed by atoms with Gasteiger partial charge in [-0.3, -0.25) is 0 Å². The molecule has 0 amide bonds. The SMILES string of the molecule is CCOC(=O)C(N=Nc1sc(C(=O)OCC)c(C)c1C(=O)OCC)=C(C)O. The molecule has 0 saturated heterocycles. The van der Waals surface area contributed by atoms with E-state index in [1.165, 1.54) is 6.92 Å². The number of carbonyl (C=O) groups is 3. The van der Waals surface area contributed by atoms with E-state index in [1.807, 2.05) is 0 Å². The van der Waals surface area contributed by atoms with Gasteiger partial charge in [0.1, 0.15) is 16.2 Å². The van der Waals surface area contributed by atoms with E-state index in [9.17, 15) is 19.5 Å². The highest BCUT2D eigenvalue weighted by atomic mass is 32.1. The molecule has 0 aliphatic rings. The lowest BCUT2D eigenvalue weighted by atomic mass is 10.1. The van der Waals surface area contributed by atoms with Crippen LogP contribution >= 0.6 is 11.3 Å². The first-order valence-electron chi connectivity index (χ1n) is 8.24. The Balaban J connectivity index is 3.41. The van der Waals surface area contributed by atoms with Crippen molar-refractivity contribution in [3.63, 3.8) is 0 Å². The van der Waals surface area contributed by atoms with Crippen molar-refractivity contribution in [2.75, 3.05) is 19.8 Å². The molecule has 0 aliphatic heterocycles. The standard InChI is InChI=1S/C17H22N2O7S/c1-6-24-15(21)11-9(4)13(17(23)26-8-3)27-14(11)19-18-12(10(5)20)16(22)25-7-2/h20H,6-8H2,1-5H3. The van der Waals surface area contributed by atoms with Gasteiger partial charge in [-0.25, -0.2) is 14.4 Å². The smallest absolute Gasteiger partial charge is 0.362 e. The number of esters is 3. The van der Waals surface area contributed by atoms with Crippen LogP contribution in [0.4, 0.5) is 5.00 Å². The molecule has 1 heterocycles. The normalized spacial score (nSPS) is 11.9. The quantitative estimate of drug-likeness (QED) is 0.232. The van der Waals surface area contributed by atoms with Gasteiger partial charge in [0.25, 0.3) is 0 Å². The van der Waals surface area contributed by atoms with Crippen molar-refractivity contribution in [1.82, 2.24) is 0 Å². The molecule has 148 valence electrons. The van der Waals surface area contributed by atoms with Crippen molar-refractivity contribution in [3.8, 4) is 0 Å². The summed E-state index contributed by atoms with van der Waals surface area (Å²) in [6.07, 6.45) is 0. The summed E-state index contributed by atoms with van der Waals surface area (Å²) in [4.78, 5) is 36.4. The Labute approximate surface area is 160 Å². The molecule has 1 aromatic rings. The minimum Gasteiger partial charge on any atom is -0.510 e. The van der Waals surface area contributed by atoms with Crippen molar-refractivity contribution in [3.05, 3.63) is 27.5 Å². The maximum absolute atomic E-state index is 12.3. The first-order valence-corrected chi connectivity index (χ1v) is 9.06. The summed E-state index contributed by atoms with van der Waals surface area (Å²) in [5.74, 6) is -2.55. The number of thiophene rings is 1. The van der Waals surface area contributed by atoms with Gasteiger partial charge in [0, 0.05) is 0 Å². The fourth-order valence-electron chi connectivity index (χ4n) is 1.96. The minimum absolute atomic E-state index is 0.0486. The summed E-state index contributed by atoms with van der Waals surface area (Å²) in [6.45, 7) is 8.10. The van der Waals surface area contributed by atoms with Crippen molar-refractivity contribution in [2.24, 2.45) is 10.2 Å². The van der Waals surface area contributed by atoms with E-state index in [0.717, 1.165) is 11.3 Å². The van der Waals surface area contributed by atoms with Gasteiger partial charge >= 0.3 is 17.9 Å². The second-order valence-corrected chi connectivity index (χ2v) is 6.03. The summed E-state index contributed by atoms with van der Waals surface area (Å²) in [6, 6.07) is 0. The van der Waals surface area contributed by atoms with Crippen LogP contribution in [0.5, 0.6) is 0 Å². The summed E-state index contributed by atoms with van der Waals surface area (Å²) < 4.78 is 14.8. The molecule has 0 bridgehead atoms. The molecule has 0 unspecified atom stereocenters. The summed E-state index contributed by atoms with van der Waals surface area (Å²) >= 11 is 0.875. The Morgan fingerprint density at radius 1 is 1.00 bits per heavy atom. The van der Waals surface area contributed by atoms with E-state index < -0.39 is 29.4 Å². The predicted octanol–water partition coefficient (Wildman–Crippen LogP) is 3.85. The number of hydrogen-bond donors (Lipinski definition) is 1. The number of nitrogens with zero attached hydrogens (tertiary/aromatic N) is 2. The Hall–Kier alpha value is -2.75. The molecule has 0 atom stereocenters. The second-order valence-electron chi connectivity index (χ2n) is 5.03. The lowest BCUT2D eigenvalue weighted by molar-refractivity contribution is -0.138. The van der Waals surface area contributed by atoms with Crippen LogP contribution in [0.3, 0.4) is 0 Å². The fourth-order valence-corrected chi connectivity index (χ4v) is 2.97. The van der Waals surface area contributed by atoms with Crippen LogP contribution in [0.1, 0.15) is 53.3 Å². The number of rotatable bonds is 8. The Morgan fingerprint density at radius 3 is 2.07 bits per heavy atom. The average molecular weight is 398 g/mol. The van der Waals surface area contributed by atoms with Crippen molar-refractivity contribution < 1.29 is 33.7 Å². The first-order chi connectivity index (χ1) is 12.8. The zero-order valence-corrected chi connectivity index (χ0v) is 16.6. The molecule has 0 aliphatic carbocycles. The molecule has 1 rings (SSSR count). The van der Waals surface area contributed by atoms with Crippen LogP contribution in [0, 0.1) is 6.92 Å². The molecule has 0 aromatic carbocycles. The number of aliphatic hydroxyl groups is 1. The molecule has 0 spiro atoms. The maximum Gasteiger partial charge on any atom is 0.362 e. The summed E-state index contributed by atoms with van der Waals surface area (Å²) in [5.41, 5.74) is -0.0175. The third-order valence-corrected chi connectivity index (χ3v) is 4.28. The predicted molar refractivity (Wildman–Crippen MR) is 97.4 cm³/mol. The molecular weight excluding hydrogens is 376 g/mol. The lowest BCUT2D eigenvalue weighted by Gasteiger charge is -2.03. The fraction of sp³-hybridized carbons (Fsp3) is 0.471. The first kappa shape index (κ1) is 22.3. The third-order valence-electron chi connectivity index (χ3n) is 3.12. The van der Waals surface area contributed by atoms with Gasteiger partial charge in [0.15, 0.2) is 5.00 Å². The lowest BCUT2D eigenvalue weighted by Crippen LogP contribution is -2.08. The van der Waals surface area contributed by atoms with Gasteiger partial charge in [-0.1, -0.05) is 0 Å². The van der Waals surface area contributed by atoms with Crippen LogP contribution in [0.2, 0.25) is 0 Å². The molecule has 0 saturated carbocycles. The number of azo groups is 1. The van der Waals surface area contributed by atoms with Crippen LogP contribution in [-0.4, -0.2) is 42.8 Å². The zero-order valence-electron chi connectivity index (χ0n) is 15.8. The summed E-state index contributed by atoms with van der Waals surface area (Å²) in [5, 5.41) is 17.3. The number of aliphatic hydroxyl groups excluding tert-OH is 1. The largest absolute Gasteiger partial charge is 0.510 e. The minimum atomic E-state index is -0.863. The Morgan fingerprint density at radius 2 is 1.56 bits per heavy atom. The molecule has 27 heavy (non-hydrogen) atoms. The van der Waals surface area contributed by atoms with Crippen molar-refractivity contribution in [1.29, 1.82) is 0 Å². The third kappa shape index (κ3) is 5.61. The van der Waals surface area contributed by atoms with E-state index in [2.05, 4.69) is 10.2 Å². The molecule has 10 heteroatoms. The van der Waals surface area contributed by atoms with Crippen LogP contribution in [0.15, 0.2) is 21.7 Å². The van der Waals surface area contributed by atoms with Gasteiger partial charge < -0.3 is 19.3 Å². The van der Waals surface area contributed by atoms with Crippen LogP contribution in [-0.2, 0) is 19.0 Å². The van der Waals surface area contributed by atoms with E-state index >= 15 is 0 Å². The topological polar surface area (TPSA) is 124 Å². The maximum atomic E-state index is 12.3. The Kier molecular flexibility index (Phi) is 8.60. The molecular formula is C17H22N2O7S. The molecule has 1 aromatic heterocycles. The van der Waals surface area contributed by atoms with E-state index in [0.29, 0.717) is 5.56 Å². The van der Waals surface area contributed by atoms with Crippen LogP contribution in [0.25, 0.3) is 0 Å². The highest BCUT2D eigenvalue weighted by Crippen LogP contribution is 2.37.